The first-order valence-corrected chi connectivity index (χ1v) is 14.5. The van der Waals surface area contributed by atoms with E-state index in [1.807, 2.05) is 0 Å². The molecule has 3 aliphatic rings. The molecule has 1 aromatic carbocycles. The Kier molecular flexibility index (Phi) is 7.16. The number of anilines is 1. The van der Waals surface area contributed by atoms with E-state index >= 15 is 0 Å². The number of aliphatic hydroxyl groups is 1. The van der Waals surface area contributed by atoms with Gasteiger partial charge in [0.15, 0.2) is 9.84 Å². The summed E-state index contributed by atoms with van der Waals surface area (Å²) in [7, 11) is -8.66. The number of hydrogen-bond acceptors (Lipinski definition) is 9. The highest BCUT2D eigenvalue weighted by Gasteiger charge is 2.56. The number of sulfone groups is 1. The lowest BCUT2D eigenvalue weighted by Crippen LogP contribution is -2.59. The molecule has 0 aromatic heterocycles. The molecule has 4 rings (SSSR count). The summed E-state index contributed by atoms with van der Waals surface area (Å²) < 4.78 is 59.2. The largest absolute Gasteiger partial charge is 0.397 e. The second kappa shape index (κ2) is 9.65. The fourth-order valence-corrected chi connectivity index (χ4v) is 7.30. The quantitative estimate of drug-likeness (QED) is 0.452. The second-order valence-electron chi connectivity index (χ2n) is 9.35. The normalized spacial score (nSPS) is 32.1. The molecule has 34 heavy (non-hydrogen) atoms. The Morgan fingerprint density at radius 1 is 0.941 bits per heavy atom. The maximum Gasteiger partial charge on any atom is 0.397 e. The predicted molar refractivity (Wildman–Crippen MR) is 121 cm³/mol. The van der Waals surface area contributed by atoms with E-state index in [2.05, 4.69) is 9.50 Å². The summed E-state index contributed by atoms with van der Waals surface area (Å²) in [4.78, 5) is 26.6. The van der Waals surface area contributed by atoms with Crippen molar-refractivity contribution >= 4 is 37.5 Å². The molecule has 12 heteroatoms. The van der Waals surface area contributed by atoms with Crippen molar-refractivity contribution in [1.29, 1.82) is 0 Å². The number of carbonyl (C=O) groups is 2. The highest BCUT2D eigenvalue weighted by atomic mass is 32.3. The maximum absolute atomic E-state index is 13.4. The maximum atomic E-state index is 13.4. The Hall–Kier alpha value is -1.86. The van der Waals surface area contributed by atoms with E-state index in [9.17, 15) is 31.5 Å². The number of hydrogen-bond donors (Lipinski definition) is 3. The minimum atomic E-state index is -4.75. The van der Waals surface area contributed by atoms with Gasteiger partial charge in [0.2, 0.25) is 0 Å². The van der Waals surface area contributed by atoms with Gasteiger partial charge in [0.05, 0.1) is 35.2 Å². The molecular weight excluding hydrogens is 486 g/mol. The molecule has 10 nitrogen and oxygen atoms in total. The molecule has 0 aliphatic heterocycles. The molecular formula is C22H29NO9S2. The number of fused-ring (bicyclic) bond motifs is 2. The molecule has 3 saturated carbocycles. The third-order valence-electron chi connectivity index (χ3n) is 7.29. The van der Waals surface area contributed by atoms with Gasteiger partial charge in [-0.25, -0.2) is 12.6 Å². The zero-order chi connectivity index (χ0) is 24.7. The number of aliphatic hydroxyl groups excluding tert-OH is 1. The zero-order valence-corrected chi connectivity index (χ0v) is 20.1. The van der Waals surface area contributed by atoms with E-state index in [1.54, 1.807) is 6.07 Å². The Morgan fingerprint density at radius 3 is 2.24 bits per heavy atom. The minimum absolute atomic E-state index is 0.0108. The molecule has 1 aromatic rings. The van der Waals surface area contributed by atoms with Crippen LogP contribution in [0.15, 0.2) is 29.2 Å². The first kappa shape index (κ1) is 25.2. The van der Waals surface area contributed by atoms with E-state index in [0.29, 0.717) is 31.4 Å². The monoisotopic (exact) mass is 515 g/mol. The van der Waals surface area contributed by atoms with Crippen LogP contribution in [0.5, 0.6) is 0 Å². The van der Waals surface area contributed by atoms with Gasteiger partial charge in [-0.2, -0.15) is 8.42 Å². The van der Waals surface area contributed by atoms with E-state index in [1.165, 1.54) is 18.2 Å². The first-order chi connectivity index (χ1) is 16.0. The smallest absolute Gasteiger partial charge is 0.392 e. The van der Waals surface area contributed by atoms with E-state index in [0.717, 1.165) is 12.8 Å². The summed E-state index contributed by atoms with van der Waals surface area (Å²) in [5.74, 6) is -2.71. The van der Waals surface area contributed by atoms with Gasteiger partial charge in [-0.05, 0) is 43.9 Å². The Morgan fingerprint density at radius 2 is 1.59 bits per heavy atom. The van der Waals surface area contributed by atoms with Crippen molar-refractivity contribution in [3.05, 3.63) is 24.3 Å². The molecule has 0 bridgehead atoms. The third kappa shape index (κ3) is 5.20. The fourth-order valence-electron chi connectivity index (χ4n) is 5.77. The lowest BCUT2D eigenvalue weighted by molar-refractivity contribution is -0.157. The van der Waals surface area contributed by atoms with Crippen LogP contribution in [0.3, 0.4) is 0 Å². The lowest BCUT2D eigenvalue weighted by atomic mass is 9.56. The van der Waals surface area contributed by atoms with Gasteiger partial charge in [-0.3, -0.25) is 14.1 Å². The van der Waals surface area contributed by atoms with Gasteiger partial charge in [-0.15, -0.1) is 0 Å². The van der Waals surface area contributed by atoms with Gasteiger partial charge >= 0.3 is 10.4 Å². The molecule has 0 amide bonds. The second-order valence-corrected chi connectivity index (χ2v) is 12.5. The molecule has 3 aliphatic carbocycles. The summed E-state index contributed by atoms with van der Waals surface area (Å²) in [6.45, 7) is -0.734. The number of ketones is 2. The van der Waals surface area contributed by atoms with Crippen LogP contribution in [0.2, 0.25) is 0 Å². The van der Waals surface area contributed by atoms with Gasteiger partial charge in [0.25, 0.3) is 0 Å². The highest BCUT2D eigenvalue weighted by molar-refractivity contribution is 7.91. The third-order valence-corrected chi connectivity index (χ3v) is 9.43. The van der Waals surface area contributed by atoms with Crippen LogP contribution in [0.4, 0.5) is 5.69 Å². The standard InChI is InChI=1S/C22H29NO9S2/c24-18-9-8-17(19-20(18)22(26)16-7-2-1-6-15(16)21(19)25)23-13-4-3-5-14(12-13)33(27,28)11-10-32-34(29,30)31/h3-5,12,15-20,23-24H,1-2,6-11H2,(H,29,30,31). The molecule has 6 unspecified atom stereocenters. The van der Waals surface area contributed by atoms with Crippen LogP contribution in [0.1, 0.15) is 38.5 Å². The molecule has 188 valence electrons. The van der Waals surface area contributed by atoms with Crippen LogP contribution in [0.25, 0.3) is 0 Å². The average Bonchev–Trinajstić information content (AvgIpc) is 2.78. The van der Waals surface area contributed by atoms with Crippen LogP contribution in [0, 0.1) is 23.7 Å². The average molecular weight is 516 g/mol. The van der Waals surface area contributed by atoms with Crippen molar-refractivity contribution in [3.63, 3.8) is 0 Å². The summed E-state index contributed by atoms with van der Waals surface area (Å²) in [5.41, 5.74) is 0.433. The number of Topliss-reactive ketones (excluding diaryl/α,β-unsaturated/α-hetero) is 2. The molecule has 6 atom stereocenters. The zero-order valence-electron chi connectivity index (χ0n) is 18.5. The summed E-state index contributed by atoms with van der Waals surface area (Å²) in [5, 5.41) is 13.8. The number of nitrogens with one attached hydrogen (secondary N) is 1. The van der Waals surface area contributed by atoms with Gasteiger partial charge < -0.3 is 10.4 Å². The molecule has 0 heterocycles. The van der Waals surface area contributed by atoms with Crippen molar-refractivity contribution < 1.29 is 40.3 Å². The molecule has 0 spiro atoms. The van der Waals surface area contributed by atoms with Crippen LogP contribution in [-0.4, -0.2) is 62.6 Å². The van der Waals surface area contributed by atoms with E-state index in [-0.39, 0.29) is 28.3 Å². The number of carbonyl (C=O) groups excluding carboxylic acids is 2. The number of benzene rings is 1. The van der Waals surface area contributed by atoms with Crippen LogP contribution < -0.4 is 5.32 Å². The van der Waals surface area contributed by atoms with Crippen molar-refractivity contribution in [3.8, 4) is 0 Å². The molecule has 0 saturated heterocycles. The summed E-state index contributed by atoms with van der Waals surface area (Å²) in [6.07, 6.45) is 3.13. The SMILES string of the molecule is O=C1C2CCCCC2C(=O)C2C(Nc3cccc(S(=O)(=O)CCOS(=O)(=O)O)c3)CCC(O)C12. The van der Waals surface area contributed by atoms with E-state index < -0.39 is 56.6 Å². The summed E-state index contributed by atoms with van der Waals surface area (Å²) >= 11 is 0. The first-order valence-electron chi connectivity index (χ1n) is 11.4. The predicted octanol–water partition coefficient (Wildman–Crippen LogP) is 1.41. The Balaban J connectivity index is 1.53. The van der Waals surface area contributed by atoms with Crippen LogP contribution >= 0.6 is 0 Å². The molecule has 3 N–H and O–H groups in total. The highest BCUT2D eigenvalue weighted by Crippen LogP contribution is 2.47. The topological polar surface area (TPSA) is 164 Å². The number of rotatable bonds is 7. The van der Waals surface area contributed by atoms with Gasteiger partial charge in [0, 0.05) is 23.6 Å². The molecule has 3 fully saturated rings. The van der Waals surface area contributed by atoms with Gasteiger partial charge in [0.1, 0.15) is 11.6 Å². The van der Waals surface area contributed by atoms with Gasteiger partial charge in [-0.1, -0.05) is 18.9 Å². The fraction of sp³-hybridized carbons (Fsp3) is 0.636. The summed E-state index contributed by atoms with van der Waals surface area (Å²) in [6, 6.07) is 5.46. The Labute approximate surface area is 198 Å². The van der Waals surface area contributed by atoms with E-state index in [4.69, 9.17) is 4.55 Å². The van der Waals surface area contributed by atoms with Crippen molar-refractivity contribution in [2.24, 2.45) is 23.7 Å². The molecule has 0 radical (unpaired) electrons. The van der Waals surface area contributed by atoms with Crippen molar-refractivity contribution in [2.45, 2.75) is 55.6 Å². The van der Waals surface area contributed by atoms with Crippen molar-refractivity contribution in [1.82, 2.24) is 0 Å². The van der Waals surface area contributed by atoms with Crippen molar-refractivity contribution in [2.75, 3.05) is 17.7 Å². The van der Waals surface area contributed by atoms with Crippen LogP contribution in [-0.2, 0) is 34.0 Å². The Bertz CT molecular complexity index is 1160. The lowest BCUT2D eigenvalue weighted by Gasteiger charge is -2.48. The minimum Gasteiger partial charge on any atom is -0.392 e.